The van der Waals surface area contributed by atoms with Gasteiger partial charge in [-0.3, -0.25) is 4.79 Å². The average Bonchev–Trinajstić information content (AvgIpc) is 3.22. The molecule has 26 heavy (non-hydrogen) atoms. The molecule has 7 heteroatoms. The molecular formula is C19H16BrNO4S. The summed E-state index contributed by atoms with van der Waals surface area (Å²) in [6.07, 6.45) is 0. The predicted octanol–water partition coefficient (Wildman–Crippen LogP) is 5.51. The van der Waals surface area contributed by atoms with E-state index in [0.29, 0.717) is 15.2 Å². The number of nitrogens with one attached hydrogen (secondary N) is 1. The summed E-state index contributed by atoms with van der Waals surface area (Å²) in [5.74, 6) is -0.754. The third-order valence-electron chi connectivity index (χ3n) is 3.66. The van der Waals surface area contributed by atoms with Crippen molar-refractivity contribution in [2.45, 2.75) is 13.8 Å². The topological polar surface area (TPSA) is 68.5 Å². The second-order valence-electron chi connectivity index (χ2n) is 5.50. The van der Waals surface area contributed by atoms with Crippen molar-refractivity contribution in [2.24, 2.45) is 0 Å². The number of furan rings is 1. The molecule has 0 saturated carbocycles. The van der Waals surface area contributed by atoms with Gasteiger partial charge >= 0.3 is 5.97 Å². The van der Waals surface area contributed by atoms with Crippen molar-refractivity contribution in [1.29, 1.82) is 0 Å². The van der Waals surface area contributed by atoms with E-state index in [0.717, 1.165) is 16.7 Å². The smallest absolute Gasteiger partial charge is 0.341 e. The summed E-state index contributed by atoms with van der Waals surface area (Å²) in [5.41, 5.74) is 3.08. The van der Waals surface area contributed by atoms with Crippen LogP contribution >= 0.6 is 27.3 Å². The minimum absolute atomic E-state index is 0.150. The van der Waals surface area contributed by atoms with Crippen LogP contribution in [0.1, 0.15) is 33.4 Å². The summed E-state index contributed by atoms with van der Waals surface area (Å²) in [7, 11) is 0. The van der Waals surface area contributed by atoms with Crippen LogP contribution in [0, 0.1) is 6.92 Å². The zero-order chi connectivity index (χ0) is 18.7. The molecule has 0 unspecified atom stereocenters. The van der Waals surface area contributed by atoms with Crippen LogP contribution in [-0.4, -0.2) is 18.5 Å². The van der Waals surface area contributed by atoms with Crippen LogP contribution in [0.4, 0.5) is 5.00 Å². The van der Waals surface area contributed by atoms with Gasteiger partial charge in [0.15, 0.2) is 10.4 Å². The minimum Gasteiger partial charge on any atom is -0.462 e. The molecule has 1 aromatic carbocycles. The lowest BCUT2D eigenvalue weighted by atomic mass is 10.0. The molecule has 0 aliphatic rings. The second kappa shape index (κ2) is 7.88. The molecule has 0 aliphatic heterocycles. The van der Waals surface area contributed by atoms with E-state index < -0.39 is 11.9 Å². The third-order valence-corrected chi connectivity index (χ3v) is 4.98. The number of benzene rings is 1. The normalized spacial score (nSPS) is 10.6. The lowest BCUT2D eigenvalue weighted by Crippen LogP contribution is -2.14. The van der Waals surface area contributed by atoms with Gasteiger partial charge in [-0.15, -0.1) is 11.3 Å². The Kier molecular flexibility index (Phi) is 5.58. The summed E-state index contributed by atoms with van der Waals surface area (Å²) in [6, 6.07) is 11.0. The highest BCUT2D eigenvalue weighted by Gasteiger charge is 2.23. The van der Waals surface area contributed by atoms with E-state index in [4.69, 9.17) is 9.15 Å². The van der Waals surface area contributed by atoms with Crippen LogP contribution in [0.15, 0.2) is 50.9 Å². The highest BCUT2D eigenvalue weighted by atomic mass is 79.9. The molecule has 2 aromatic heterocycles. The van der Waals surface area contributed by atoms with Gasteiger partial charge in [-0.1, -0.05) is 29.8 Å². The van der Waals surface area contributed by atoms with E-state index >= 15 is 0 Å². The highest BCUT2D eigenvalue weighted by molar-refractivity contribution is 9.10. The van der Waals surface area contributed by atoms with Crippen molar-refractivity contribution in [3.63, 3.8) is 0 Å². The van der Waals surface area contributed by atoms with E-state index in [1.165, 1.54) is 11.3 Å². The zero-order valence-corrected chi connectivity index (χ0v) is 16.6. The number of thiophene rings is 1. The van der Waals surface area contributed by atoms with Crippen LogP contribution in [-0.2, 0) is 4.74 Å². The standard InChI is InChI=1S/C19H16BrNO4S/c1-3-24-19(23)16-13(12-6-4-11(2)5-7-12)10-26-18(16)21-17(22)14-8-9-15(20)25-14/h4-10H,3H2,1-2H3,(H,21,22). The van der Waals surface area contributed by atoms with Gasteiger partial charge in [-0.05, 0) is 47.5 Å². The largest absolute Gasteiger partial charge is 0.462 e. The maximum absolute atomic E-state index is 12.5. The number of halogens is 1. The molecule has 0 atom stereocenters. The first-order valence-electron chi connectivity index (χ1n) is 7.92. The number of aryl methyl sites for hydroxylation is 1. The Labute approximate surface area is 163 Å². The maximum atomic E-state index is 12.5. The first kappa shape index (κ1) is 18.4. The van der Waals surface area contributed by atoms with Gasteiger partial charge in [0.1, 0.15) is 10.6 Å². The summed E-state index contributed by atoms with van der Waals surface area (Å²) in [5, 5.41) is 5.01. The van der Waals surface area contributed by atoms with Gasteiger partial charge in [-0.2, -0.15) is 0 Å². The molecule has 2 heterocycles. The molecule has 0 radical (unpaired) electrons. The fourth-order valence-electron chi connectivity index (χ4n) is 2.40. The third kappa shape index (κ3) is 3.89. The zero-order valence-electron chi connectivity index (χ0n) is 14.2. The van der Waals surface area contributed by atoms with Gasteiger partial charge in [0, 0.05) is 10.9 Å². The maximum Gasteiger partial charge on any atom is 0.341 e. The number of carbonyl (C=O) groups excluding carboxylic acids is 2. The number of rotatable bonds is 5. The Bertz CT molecular complexity index is 943. The predicted molar refractivity (Wildman–Crippen MR) is 105 cm³/mol. The van der Waals surface area contributed by atoms with Crippen molar-refractivity contribution >= 4 is 44.1 Å². The Morgan fingerprint density at radius 3 is 2.54 bits per heavy atom. The summed E-state index contributed by atoms with van der Waals surface area (Å²) >= 11 is 4.44. The number of hydrogen-bond acceptors (Lipinski definition) is 5. The Balaban J connectivity index is 1.98. The average molecular weight is 434 g/mol. The Hall–Kier alpha value is -2.38. The number of hydrogen-bond donors (Lipinski definition) is 1. The van der Waals surface area contributed by atoms with Gasteiger partial charge in [0.2, 0.25) is 0 Å². The molecule has 0 fully saturated rings. The van der Waals surface area contributed by atoms with E-state index in [2.05, 4.69) is 21.2 Å². The fourth-order valence-corrected chi connectivity index (χ4v) is 3.66. The van der Waals surface area contributed by atoms with E-state index in [1.54, 1.807) is 19.1 Å². The Morgan fingerprint density at radius 1 is 1.19 bits per heavy atom. The molecule has 0 spiro atoms. The molecule has 0 aliphatic carbocycles. The summed E-state index contributed by atoms with van der Waals surface area (Å²) in [6.45, 7) is 3.99. The monoisotopic (exact) mass is 433 g/mol. The molecule has 0 saturated heterocycles. The molecule has 3 aromatic rings. The SMILES string of the molecule is CCOC(=O)c1c(-c2ccc(C)cc2)csc1NC(=O)c1ccc(Br)o1. The van der Waals surface area contributed by atoms with Crippen molar-refractivity contribution in [3.05, 3.63) is 63.3 Å². The molecule has 1 amide bonds. The van der Waals surface area contributed by atoms with Crippen LogP contribution in [0.2, 0.25) is 0 Å². The van der Waals surface area contributed by atoms with Crippen LogP contribution in [0.3, 0.4) is 0 Å². The van der Waals surface area contributed by atoms with Crippen LogP contribution < -0.4 is 5.32 Å². The van der Waals surface area contributed by atoms with E-state index in [9.17, 15) is 9.59 Å². The molecule has 5 nitrogen and oxygen atoms in total. The Morgan fingerprint density at radius 2 is 1.92 bits per heavy atom. The fraction of sp³-hybridized carbons (Fsp3) is 0.158. The first-order valence-corrected chi connectivity index (χ1v) is 9.59. The minimum atomic E-state index is -0.472. The number of anilines is 1. The van der Waals surface area contributed by atoms with E-state index in [-0.39, 0.29) is 12.4 Å². The van der Waals surface area contributed by atoms with Crippen molar-refractivity contribution < 1.29 is 18.7 Å². The van der Waals surface area contributed by atoms with Gasteiger partial charge < -0.3 is 14.5 Å². The molecule has 134 valence electrons. The second-order valence-corrected chi connectivity index (χ2v) is 7.16. The lowest BCUT2D eigenvalue weighted by molar-refractivity contribution is 0.0529. The molecular weight excluding hydrogens is 418 g/mol. The first-order chi connectivity index (χ1) is 12.5. The molecule has 0 bridgehead atoms. The van der Waals surface area contributed by atoms with Gasteiger partial charge in [0.05, 0.1) is 6.61 Å². The summed E-state index contributed by atoms with van der Waals surface area (Å²) in [4.78, 5) is 24.9. The van der Waals surface area contributed by atoms with E-state index in [1.807, 2.05) is 36.6 Å². The number of ether oxygens (including phenoxy) is 1. The molecule has 1 N–H and O–H groups in total. The lowest BCUT2D eigenvalue weighted by Gasteiger charge is -2.08. The quantitative estimate of drug-likeness (QED) is 0.538. The number of carbonyl (C=O) groups is 2. The number of esters is 1. The summed E-state index contributed by atoms with van der Waals surface area (Å²) < 4.78 is 10.9. The van der Waals surface area contributed by atoms with Crippen molar-refractivity contribution in [3.8, 4) is 11.1 Å². The van der Waals surface area contributed by atoms with Crippen LogP contribution in [0.5, 0.6) is 0 Å². The van der Waals surface area contributed by atoms with Gasteiger partial charge in [0.25, 0.3) is 5.91 Å². The highest BCUT2D eigenvalue weighted by Crippen LogP contribution is 2.36. The molecule has 3 rings (SSSR count). The number of amides is 1. The van der Waals surface area contributed by atoms with Crippen molar-refractivity contribution in [1.82, 2.24) is 0 Å². The van der Waals surface area contributed by atoms with Crippen LogP contribution in [0.25, 0.3) is 11.1 Å². The van der Waals surface area contributed by atoms with Crippen molar-refractivity contribution in [2.75, 3.05) is 11.9 Å². The van der Waals surface area contributed by atoms with Gasteiger partial charge in [-0.25, -0.2) is 4.79 Å².